The van der Waals surface area contributed by atoms with E-state index in [-0.39, 0.29) is 10.9 Å². The highest BCUT2D eigenvalue weighted by atomic mass is 79.9. The van der Waals surface area contributed by atoms with Gasteiger partial charge in [-0.25, -0.2) is 12.8 Å². The van der Waals surface area contributed by atoms with Crippen LogP contribution in [0.4, 0.5) is 4.39 Å². The van der Waals surface area contributed by atoms with E-state index in [1.807, 2.05) is 6.92 Å². The van der Waals surface area contributed by atoms with Crippen LogP contribution >= 0.6 is 15.9 Å². The molecule has 0 bridgehead atoms. The number of rotatable bonds is 3. The van der Waals surface area contributed by atoms with E-state index >= 15 is 0 Å². The Morgan fingerprint density at radius 1 is 1.47 bits per heavy atom. The van der Waals surface area contributed by atoms with Gasteiger partial charge in [0.1, 0.15) is 5.82 Å². The average Bonchev–Trinajstić information content (AvgIpc) is 2.74. The molecule has 106 valence electrons. The third kappa shape index (κ3) is 2.71. The van der Waals surface area contributed by atoms with Gasteiger partial charge in [-0.1, -0.05) is 28.9 Å². The molecule has 0 N–H and O–H groups in total. The van der Waals surface area contributed by atoms with E-state index in [0.717, 1.165) is 12.5 Å². The Hall–Kier alpha value is -0.460. The fourth-order valence-electron chi connectivity index (χ4n) is 2.48. The maximum Gasteiger partial charge on any atom is 0.243 e. The molecule has 1 saturated heterocycles. The lowest BCUT2D eigenvalue weighted by atomic mass is 10.1. The summed E-state index contributed by atoms with van der Waals surface area (Å²) in [7, 11) is -3.62. The summed E-state index contributed by atoms with van der Waals surface area (Å²) in [6, 6.07) is 3.83. The highest BCUT2D eigenvalue weighted by Gasteiger charge is 2.39. The molecule has 3 nitrogen and oxygen atoms in total. The van der Waals surface area contributed by atoms with Crippen LogP contribution < -0.4 is 0 Å². The summed E-state index contributed by atoms with van der Waals surface area (Å²) >= 11 is 3.37. The Labute approximate surface area is 122 Å². The van der Waals surface area contributed by atoms with Gasteiger partial charge in [0.05, 0.1) is 4.90 Å². The van der Waals surface area contributed by atoms with Gasteiger partial charge in [0.15, 0.2) is 0 Å². The van der Waals surface area contributed by atoms with Crippen molar-refractivity contribution in [3.05, 3.63) is 29.6 Å². The molecule has 0 amide bonds. The molecule has 0 aliphatic carbocycles. The molecule has 1 aliphatic rings. The number of sulfonamides is 1. The highest BCUT2D eigenvalue weighted by molar-refractivity contribution is 9.09. The maximum absolute atomic E-state index is 13.3. The van der Waals surface area contributed by atoms with E-state index in [0.29, 0.717) is 23.4 Å². The van der Waals surface area contributed by atoms with E-state index in [1.54, 1.807) is 6.92 Å². The summed E-state index contributed by atoms with van der Waals surface area (Å²) in [4.78, 5) is 0.0764. The summed E-state index contributed by atoms with van der Waals surface area (Å²) in [5.74, 6) is -0.213. The van der Waals surface area contributed by atoms with Gasteiger partial charge < -0.3 is 0 Å². The lowest BCUT2D eigenvalue weighted by Crippen LogP contribution is -2.38. The van der Waals surface area contributed by atoms with Gasteiger partial charge in [0, 0.05) is 17.9 Å². The van der Waals surface area contributed by atoms with Gasteiger partial charge in [-0.3, -0.25) is 0 Å². The number of halogens is 2. The lowest BCUT2D eigenvalue weighted by molar-refractivity contribution is 0.378. The van der Waals surface area contributed by atoms with E-state index in [2.05, 4.69) is 15.9 Å². The van der Waals surface area contributed by atoms with E-state index in [4.69, 9.17) is 0 Å². The van der Waals surface area contributed by atoms with Crippen LogP contribution in [0.3, 0.4) is 0 Å². The third-order valence-electron chi connectivity index (χ3n) is 3.73. The predicted octanol–water partition coefficient (Wildman–Crippen LogP) is 2.93. The van der Waals surface area contributed by atoms with Crippen LogP contribution in [0.2, 0.25) is 0 Å². The second-order valence-electron chi connectivity index (χ2n) is 5.01. The summed E-state index contributed by atoms with van der Waals surface area (Å²) in [6.45, 7) is 4.23. The van der Waals surface area contributed by atoms with Gasteiger partial charge in [0.2, 0.25) is 10.0 Å². The van der Waals surface area contributed by atoms with Crippen LogP contribution in [-0.4, -0.2) is 30.6 Å². The molecule has 1 heterocycles. The highest BCUT2D eigenvalue weighted by Crippen LogP contribution is 2.32. The molecule has 2 atom stereocenters. The van der Waals surface area contributed by atoms with Crippen molar-refractivity contribution in [1.29, 1.82) is 0 Å². The van der Waals surface area contributed by atoms with Crippen molar-refractivity contribution in [2.45, 2.75) is 31.2 Å². The lowest BCUT2D eigenvalue weighted by Gasteiger charge is -2.25. The van der Waals surface area contributed by atoms with Crippen LogP contribution in [0.1, 0.15) is 18.9 Å². The fourth-order valence-corrected chi connectivity index (χ4v) is 5.63. The molecule has 1 aliphatic heterocycles. The Kier molecular flexibility index (Phi) is 4.32. The van der Waals surface area contributed by atoms with Crippen molar-refractivity contribution in [2.24, 2.45) is 5.92 Å². The molecule has 1 aromatic rings. The number of aryl methyl sites for hydroxylation is 1. The van der Waals surface area contributed by atoms with Gasteiger partial charge in [0.25, 0.3) is 0 Å². The summed E-state index contributed by atoms with van der Waals surface area (Å²) in [5.41, 5.74) is 0.578. The smallest absolute Gasteiger partial charge is 0.207 e. The molecule has 2 rings (SSSR count). The van der Waals surface area contributed by atoms with Crippen LogP contribution in [-0.2, 0) is 10.0 Å². The first-order valence-electron chi connectivity index (χ1n) is 6.22. The van der Waals surface area contributed by atoms with Crippen molar-refractivity contribution in [1.82, 2.24) is 4.31 Å². The number of alkyl halides is 1. The zero-order valence-electron chi connectivity index (χ0n) is 10.9. The second-order valence-corrected chi connectivity index (χ2v) is 7.52. The predicted molar refractivity (Wildman–Crippen MR) is 76.4 cm³/mol. The van der Waals surface area contributed by atoms with Crippen LogP contribution in [0.5, 0.6) is 0 Å². The van der Waals surface area contributed by atoms with Crippen molar-refractivity contribution in [3.63, 3.8) is 0 Å². The van der Waals surface area contributed by atoms with Crippen LogP contribution in [0.15, 0.2) is 23.1 Å². The summed E-state index contributed by atoms with van der Waals surface area (Å²) in [6.07, 6.45) is 0.837. The minimum Gasteiger partial charge on any atom is -0.207 e. The minimum absolute atomic E-state index is 0.0623. The molecule has 0 radical (unpaired) electrons. The fraction of sp³-hybridized carbons (Fsp3) is 0.538. The van der Waals surface area contributed by atoms with Crippen molar-refractivity contribution in [3.8, 4) is 0 Å². The quantitative estimate of drug-likeness (QED) is 0.786. The zero-order chi connectivity index (χ0) is 14.2. The summed E-state index contributed by atoms with van der Waals surface area (Å²) in [5, 5.41) is 0.599. The Bertz CT molecular complexity index is 576. The van der Waals surface area contributed by atoms with Crippen molar-refractivity contribution in [2.75, 3.05) is 11.9 Å². The first-order chi connectivity index (χ1) is 8.87. The first kappa shape index (κ1) is 14.9. The number of benzene rings is 1. The van der Waals surface area contributed by atoms with Gasteiger partial charge >= 0.3 is 0 Å². The SMILES string of the molecule is Cc1ccc(F)cc1S(=O)(=O)N1CCC(C)C1CBr. The minimum atomic E-state index is -3.62. The number of hydrogen-bond acceptors (Lipinski definition) is 2. The van der Waals surface area contributed by atoms with Crippen LogP contribution in [0.25, 0.3) is 0 Å². The number of nitrogens with zero attached hydrogens (tertiary/aromatic N) is 1. The Morgan fingerprint density at radius 2 is 2.16 bits per heavy atom. The van der Waals surface area contributed by atoms with Crippen molar-refractivity contribution < 1.29 is 12.8 Å². The molecule has 6 heteroatoms. The van der Waals surface area contributed by atoms with E-state index in [1.165, 1.54) is 16.4 Å². The van der Waals surface area contributed by atoms with E-state index < -0.39 is 15.8 Å². The molecule has 0 saturated carbocycles. The molecular weight excluding hydrogens is 333 g/mol. The maximum atomic E-state index is 13.3. The van der Waals surface area contributed by atoms with Crippen molar-refractivity contribution >= 4 is 26.0 Å². The standard InChI is InChI=1S/C13H17BrFNO2S/c1-9-5-6-16(12(9)8-14)19(17,18)13-7-11(15)4-3-10(13)2/h3-4,7,9,12H,5-6,8H2,1-2H3. The first-order valence-corrected chi connectivity index (χ1v) is 8.78. The average molecular weight is 350 g/mol. The molecule has 1 fully saturated rings. The Morgan fingerprint density at radius 3 is 2.79 bits per heavy atom. The van der Waals surface area contributed by atoms with Gasteiger partial charge in [-0.2, -0.15) is 4.31 Å². The second kappa shape index (κ2) is 5.50. The van der Waals surface area contributed by atoms with Gasteiger partial charge in [-0.15, -0.1) is 0 Å². The Balaban J connectivity index is 2.45. The molecular formula is C13H17BrFNO2S. The normalized spacial score (nSPS) is 24.8. The largest absolute Gasteiger partial charge is 0.243 e. The molecule has 0 spiro atoms. The molecule has 2 unspecified atom stereocenters. The number of hydrogen-bond donors (Lipinski definition) is 0. The molecule has 19 heavy (non-hydrogen) atoms. The molecule has 0 aromatic heterocycles. The van der Waals surface area contributed by atoms with Gasteiger partial charge in [-0.05, 0) is 37.0 Å². The monoisotopic (exact) mass is 349 g/mol. The molecule has 1 aromatic carbocycles. The third-order valence-corrected chi connectivity index (χ3v) is 6.46. The summed E-state index contributed by atoms with van der Waals surface area (Å²) < 4.78 is 40.1. The topological polar surface area (TPSA) is 37.4 Å². The van der Waals surface area contributed by atoms with Crippen LogP contribution in [0, 0.1) is 18.7 Å². The van der Waals surface area contributed by atoms with E-state index in [9.17, 15) is 12.8 Å². The zero-order valence-corrected chi connectivity index (χ0v) is 13.3.